The van der Waals surface area contributed by atoms with Crippen LogP contribution in [0.25, 0.3) is 0 Å². The minimum atomic E-state index is -3.16. The maximum atomic E-state index is 11.8. The lowest BCUT2D eigenvalue weighted by atomic mass is 9.80. The summed E-state index contributed by atoms with van der Waals surface area (Å²) in [5.41, 5.74) is -0.243. The van der Waals surface area contributed by atoms with E-state index in [1.54, 1.807) is 7.11 Å². The third kappa shape index (κ3) is 5.22. The van der Waals surface area contributed by atoms with Gasteiger partial charge in [-0.05, 0) is 45.2 Å². The zero-order valence-electron chi connectivity index (χ0n) is 11.5. The molecule has 108 valence electrons. The van der Waals surface area contributed by atoms with Crippen LogP contribution < -0.4 is 10.0 Å². The van der Waals surface area contributed by atoms with E-state index in [2.05, 4.69) is 17.0 Å². The second kappa shape index (κ2) is 7.43. The molecule has 5 nitrogen and oxygen atoms in total. The molecule has 1 fully saturated rings. The highest BCUT2D eigenvalue weighted by Crippen LogP contribution is 2.34. The van der Waals surface area contributed by atoms with Crippen molar-refractivity contribution in [3.8, 4) is 0 Å². The average Bonchev–Trinajstić information content (AvgIpc) is 2.28. The van der Waals surface area contributed by atoms with Crippen LogP contribution in [0, 0.1) is 0 Å². The van der Waals surface area contributed by atoms with Crippen LogP contribution in [0.15, 0.2) is 0 Å². The maximum absolute atomic E-state index is 11.8. The smallest absolute Gasteiger partial charge is 0.211 e. The molecule has 0 aromatic rings. The second-order valence-electron chi connectivity index (χ2n) is 4.98. The highest BCUT2D eigenvalue weighted by atomic mass is 32.2. The number of rotatable bonds is 10. The Bertz CT molecular complexity index is 321. The molecule has 1 rings (SSSR count). The van der Waals surface area contributed by atoms with Crippen molar-refractivity contribution in [2.24, 2.45) is 0 Å². The van der Waals surface area contributed by atoms with Crippen LogP contribution >= 0.6 is 0 Å². The summed E-state index contributed by atoms with van der Waals surface area (Å²) in [5, 5.41) is 3.20. The van der Waals surface area contributed by atoms with Crippen molar-refractivity contribution in [1.82, 2.24) is 10.0 Å². The molecule has 1 saturated carbocycles. The van der Waals surface area contributed by atoms with Gasteiger partial charge in [-0.3, -0.25) is 0 Å². The average molecular weight is 278 g/mol. The summed E-state index contributed by atoms with van der Waals surface area (Å²) in [6.07, 6.45) is 4.74. The minimum absolute atomic E-state index is 0.184. The van der Waals surface area contributed by atoms with Gasteiger partial charge in [0.05, 0.1) is 11.4 Å². The first kappa shape index (κ1) is 15.9. The van der Waals surface area contributed by atoms with Gasteiger partial charge in [-0.15, -0.1) is 0 Å². The summed E-state index contributed by atoms with van der Waals surface area (Å²) in [7, 11) is -1.50. The van der Waals surface area contributed by atoms with Crippen molar-refractivity contribution in [3.05, 3.63) is 0 Å². The molecular formula is C12H26N2O3S. The molecule has 0 aromatic carbocycles. The summed E-state index contributed by atoms with van der Waals surface area (Å²) in [6.45, 7) is 4.20. The minimum Gasteiger partial charge on any atom is -0.377 e. The van der Waals surface area contributed by atoms with E-state index in [1.165, 1.54) is 0 Å². The molecule has 2 N–H and O–H groups in total. The Morgan fingerprint density at radius 3 is 2.50 bits per heavy atom. The Kier molecular flexibility index (Phi) is 6.55. The van der Waals surface area contributed by atoms with E-state index in [-0.39, 0.29) is 11.4 Å². The fourth-order valence-electron chi connectivity index (χ4n) is 2.03. The van der Waals surface area contributed by atoms with E-state index < -0.39 is 10.0 Å². The first-order chi connectivity index (χ1) is 8.54. The van der Waals surface area contributed by atoms with Crippen molar-refractivity contribution < 1.29 is 13.2 Å². The fraction of sp³-hybridized carbons (Fsp3) is 1.00. The zero-order valence-corrected chi connectivity index (χ0v) is 12.3. The molecule has 0 spiro atoms. The third-order valence-corrected chi connectivity index (χ3v) is 4.92. The van der Waals surface area contributed by atoms with Gasteiger partial charge in [0.15, 0.2) is 0 Å². The van der Waals surface area contributed by atoms with Crippen molar-refractivity contribution in [3.63, 3.8) is 0 Å². The maximum Gasteiger partial charge on any atom is 0.211 e. The van der Waals surface area contributed by atoms with Crippen LogP contribution in [0.5, 0.6) is 0 Å². The Morgan fingerprint density at radius 2 is 2.00 bits per heavy atom. The van der Waals surface area contributed by atoms with Gasteiger partial charge in [-0.2, -0.15) is 0 Å². The predicted octanol–water partition coefficient (Wildman–Crippen LogP) is 0.865. The lowest BCUT2D eigenvalue weighted by Crippen LogP contribution is -2.49. The number of ether oxygens (including phenoxy) is 1. The molecule has 0 radical (unpaired) electrons. The molecule has 0 unspecified atom stereocenters. The Labute approximate surface area is 111 Å². The summed E-state index contributed by atoms with van der Waals surface area (Å²) < 4.78 is 31.6. The predicted molar refractivity (Wildman–Crippen MR) is 73.2 cm³/mol. The molecule has 0 heterocycles. The molecule has 1 aliphatic carbocycles. The van der Waals surface area contributed by atoms with Gasteiger partial charge in [0.25, 0.3) is 0 Å². The van der Waals surface area contributed by atoms with E-state index in [9.17, 15) is 8.42 Å². The monoisotopic (exact) mass is 278 g/mol. The van der Waals surface area contributed by atoms with Gasteiger partial charge in [-0.25, -0.2) is 13.1 Å². The molecule has 0 amide bonds. The molecule has 0 aliphatic heterocycles. The van der Waals surface area contributed by atoms with Crippen molar-refractivity contribution in [1.29, 1.82) is 0 Å². The number of sulfonamides is 1. The number of hydrogen-bond donors (Lipinski definition) is 2. The Morgan fingerprint density at radius 1 is 1.28 bits per heavy atom. The van der Waals surface area contributed by atoms with Crippen LogP contribution in [0.2, 0.25) is 0 Å². The molecule has 0 aromatic heterocycles. The number of methoxy groups -OCH3 is 1. The first-order valence-electron chi connectivity index (χ1n) is 6.77. The van der Waals surface area contributed by atoms with Gasteiger partial charge in [0.2, 0.25) is 10.0 Å². The topological polar surface area (TPSA) is 67.4 Å². The van der Waals surface area contributed by atoms with Gasteiger partial charge < -0.3 is 10.1 Å². The van der Waals surface area contributed by atoms with Crippen LogP contribution in [-0.2, 0) is 14.8 Å². The highest BCUT2D eigenvalue weighted by Gasteiger charge is 2.37. The summed E-state index contributed by atoms with van der Waals surface area (Å²) in [5.74, 6) is 0.184. The van der Waals surface area contributed by atoms with Gasteiger partial charge in [-0.1, -0.05) is 6.92 Å². The van der Waals surface area contributed by atoms with Crippen molar-refractivity contribution in [2.75, 3.05) is 32.5 Å². The van der Waals surface area contributed by atoms with Crippen molar-refractivity contribution >= 4 is 10.0 Å². The van der Waals surface area contributed by atoms with Gasteiger partial charge in [0.1, 0.15) is 0 Å². The number of nitrogens with one attached hydrogen (secondary N) is 2. The highest BCUT2D eigenvalue weighted by molar-refractivity contribution is 7.89. The molecule has 6 heteroatoms. The fourth-order valence-corrected chi connectivity index (χ4v) is 3.18. The Hall–Kier alpha value is -0.170. The van der Waals surface area contributed by atoms with Crippen molar-refractivity contribution in [2.45, 2.75) is 44.6 Å². The van der Waals surface area contributed by atoms with Crippen LogP contribution in [0.3, 0.4) is 0 Å². The normalized spacial score (nSPS) is 18.6. The number of hydrogen-bond acceptors (Lipinski definition) is 4. The van der Waals surface area contributed by atoms with Crippen LogP contribution in [0.1, 0.15) is 39.0 Å². The van der Waals surface area contributed by atoms with Gasteiger partial charge in [0, 0.05) is 13.7 Å². The zero-order chi connectivity index (χ0) is 13.5. The molecular weight excluding hydrogens is 252 g/mol. The van der Waals surface area contributed by atoms with E-state index in [0.29, 0.717) is 13.0 Å². The van der Waals surface area contributed by atoms with E-state index in [4.69, 9.17) is 4.74 Å². The largest absolute Gasteiger partial charge is 0.377 e. The lowest BCUT2D eigenvalue weighted by Gasteiger charge is -2.40. The summed E-state index contributed by atoms with van der Waals surface area (Å²) in [6, 6.07) is 0. The quantitative estimate of drug-likeness (QED) is 0.582. The van der Waals surface area contributed by atoms with E-state index in [1.807, 2.05) is 0 Å². The summed E-state index contributed by atoms with van der Waals surface area (Å²) in [4.78, 5) is 0. The molecule has 0 atom stereocenters. The SMILES string of the molecule is CCCNCCCS(=O)(=O)NCC1(OC)CCC1. The third-order valence-electron chi connectivity index (χ3n) is 3.51. The van der Waals surface area contributed by atoms with E-state index >= 15 is 0 Å². The van der Waals surface area contributed by atoms with Gasteiger partial charge >= 0.3 is 0 Å². The first-order valence-corrected chi connectivity index (χ1v) is 8.42. The second-order valence-corrected chi connectivity index (χ2v) is 6.91. The molecule has 0 saturated heterocycles. The lowest BCUT2D eigenvalue weighted by molar-refractivity contribution is -0.0659. The van der Waals surface area contributed by atoms with Crippen LogP contribution in [-0.4, -0.2) is 46.5 Å². The van der Waals surface area contributed by atoms with E-state index in [0.717, 1.165) is 38.8 Å². The standard InChI is InChI=1S/C12H26N2O3S/c1-3-8-13-9-5-10-18(15,16)14-11-12(17-2)6-4-7-12/h13-14H,3-11H2,1-2H3. The molecule has 18 heavy (non-hydrogen) atoms. The Balaban J connectivity index is 2.19. The van der Waals surface area contributed by atoms with Crippen LogP contribution in [0.4, 0.5) is 0 Å². The summed E-state index contributed by atoms with van der Waals surface area (Å²) >= 11 is 0. The molecule has 0 bridgehead atoms. The molecule has 1 aliphatic rings.